The first kappa shape index (κ1) is 31.1. The van der Waals surface area contributed by atoms with Gasteiger partial charge in [0.05, 0.1) is 34.7 Å². The highest BCUT2D eigenvalue weighted by atomic mass is 16.6. The minimum atomic E-state index is -0.850. The summed E-state index contributed by atoms with van der Waals surface area (Å²) in [5.74, 6) is 2.09. The van der Waals surface area contributed by atoms with Gasteiger partial charge in [-0.05, 0) is 92.4 Å². The Hall–Kier alpha value is -3.54. The number of amides is 1. The highest BCUT2D eigenvalue weighted by Crippen LogP contribution is 2.48. The van der Waals surface area contributed by atoms with Crippen LogP contribution in [0.1, 0.15) is 116 Å². The number of Topliss-reactive ketones (excluding diaryl/α,β-unsaturated/α-hetero) is 1. The second kappa shape index (κ2) is 11.3. The summed E-state index contributed by atoms with van der Waals surface area (Å²) in [5.41, 5.74) is 0.122. The number of ketones is 1. The van der Waals surface area contributed by atoms with E-state index in [9.17, 15) is 14.7 Å². The van der Waals surface area contributed by atoms with Gasteiger partial charge < -0.3 is 24.2 Å². The van der Waals surface area contributed by atoms with Crippen molar-refractivity contribution >= 4 is 28.7 Å². The topological polar surface area (TPSA) is 140 Å². The lowest BCUT2D eigenvalue weighted by atomic mass is 9.64. The third-order valence-electron chi connectivity index (χ3n) is 10.5. The van der Waals surface area contributed by atoms with E-state index in [1.165, 1.54) is 0 Å². The summed E-state index contributed by atoms with van der Waals surface area (Å²) in [5, 5.41) is 21.2. The molecule has 2 aliphatic heterocycles. The van der Waals surface area contributed by atoms with Crippen LogP contribution in [0.15, 0.2) is 10.7 Å². The molecule has 0 radical (unpaired) electrons. The fraction of sp³-hybridized carbons (Fsp3) is 0.706. The Bertz CT molecular complexity index is 1650. The molecule has 3 aromatic rings. The number of ether oxygens (including phenoxy) is 1. The maximum atomic E-state index is 13.3. The molecule has 0 unspecified atom stereocenters. The molecule has 4 atom stereocenters. The normalized spacial score (nSPS) is 27.8. The first-order chi connectivity index (χ1) is 21.9. The molecule has 4 aliphatic rings. The van der Waals surface area contributed by atoms with E-state index in [-0.39, 0.29) is 24.0 Å². The molecule has 5 heterocycles. The van der Waals surface area contributed by atoms with E-state index in [0.717, 1.165) is 81.7 Å². The Morgan fingerprint density at radius 3 is 2.65 bits per heavy atom. The van der Waals surface area contributed by atoms with Crippen molar-refractivity contribution < 1.29 is 24.0 Å². The highest BCUT2D eigenvalue weighted by Gasteiger charge is 2.49. The molecule has 2 aliphatic carbocycles. The number of hydrogen-bond acceptors (Lipinski definition) is 10. The molecule has 7 rings (SSSR count). The zero-order valence-electron chi connectivity index (χ0n) is 27.8. The molecule has 3 aromatic heterocycles. The van der Waals surface area contributed by atoms with E-state index in [1.807, 2.05) is 37.3 Å². The molecule has 0 aromatic carbocycles. The number of likely N-dealkylation sites (tertiary alicyclic amines) is 1. The number of aromatic nitrogens is 5. The molecular weight excluding hydrogens is 586 g/mol. The minimum Gasteiger partial charge on any atom is -0.444 e. The molecule has 0 bridgehead atoms. The van der Waals surface area contributed by atoms with Crippen LogP contribution < -0.4 is 4.90 Å². The van der Waals surface area contributed by atoms with Crippen molar-refractivity contribution in [3.63, 3.8) is 0 Å². The molecule has 2 saturated heterocycles. The van der Waals surface area contributed by atoms with Crippen LogP contribution in [0.5, 0.6) is 0 Å². The lowest BCUT2D eigenvalue weighted by molar-refractivity contribution is -0.128. The Labute approximate surface area is 269 Å². The van der Waals surface area contributed by atoms with Gasteiger partial charge in [-0.1, -0.05) is 11.6 Å². The van der Waals surface area contributed by atoms with Crippen molar-refractivity contribution in [2.45, 2.75) is 134 Å². The molecule has 248 valence electrons. The van der Waals surface area contributed by atoms with Crippen molar-refractivity contribution in [1.82, 2.24) is 29.8 Å². The number of carbonyl (C=O) groups is 2. The van der Waals surface area contributed by atoms with E-state index >= 15 is 0 Å². The van der Waals surface area contributed by atoms with Crippen molar-refractivity contribution in [2.24, 2.45) is 0 Å². The summed E-state index contributed by atoms with van der Waals surface area (Å²) in [4.78, 5) is 40.7. The zero-order chi connectivity index (χ0) is 32.4. The van der Waals surface area contributed by atoms with Gasteiger partial charge in [0.2, 0.25) is 0 Å². The van der Waals surface area contributed by atoms with Crippen LogP contribution in [0.3, 0.4) is 0 Å². The number of fused-ring (bicyclic) bond motifs is 3. The van der Waals surface area contributed by atoms with Crippen molar-refractivity contribution in [2.75, 3.05) is 24.5 Å². The van der Waals surface area contributed by atoms with Gasteiger partial charge in [0.1, 0.15) is 17.2 Å². The van der Waals surface area contributed by atoms with E-state index in [2.05, 4.69) is 17.0 Å². The minimum absolute atomic E-state index is 0.118. The maximum absolute atomic E-state index is 13.3. The fourth-order valence-corrected chi connectivity index (χ4v) is 8.33. The maximum Gasteiger partial charge on any atom is 0.410 e. The van der Waals surface area contributed by atoms with Crippen LogP contribution in [-0.2, 0) is 21.4 Å². The first-order valence-electron chi connectivity index (χ1n) is 17.1. The van der Waals surface area contributed by atoms with Gasteiger partial charge in [-0.15, -0.1) is 0 Å². The average Bonchev–Trinajstić information content (AvgIpc) is 3.75. The standard InChI is InChI=1S/C34H47N7O5/c1-21(24-12-9-18-40(24)31(43)45-32(2,3)4)41-30-23(19-35-41)29(39-17-10-14-33(5,44)20-39)36-28(37-30)26-22-11-8-16-34(27(22)46-38-26)15-7-6-13-25(34)42/h19,21,24,44H,6-18,20H2,1-5H3/t21-,24-,33+,34+/m0/s1. The van der Waals surface area contributed by atoms with Gasteiger partial charge in [-0.3, -0.25) is 4.79 Å². The summed E-state index contributed by atoms with van der Waals surface area (Å²) >= 11 is 0. The summed E-state index contributed by atoms with van der Waals surface area (Å²) in [7, 11) is 0. The van der Waals surface area contributed by atoms with Gasteiger partial charge >= 0.3 is 6.09 Å². The molecule has 3 fully saturated rings. The van der Waals surface area contributed by atoms with Crippen molar-refractivity contribution in [3.05, 3.63) is 17.5 Å². The summed E-state index contributed by atoms with van der Waals surface area (Å²) in [6, 6.07) is -0.311. The second-order valence-corrected chi connectivity index (χ2v) is 15.2. The van der Waals surface area contributed by atoms with E-state index in [0.29, 0.717) is 48.3 Å². The van der Waals surface area contributed by atoms with Crippen molar-refractivity contribution in [3.8, 4) is 11.5 Å². The second-order valence-electron chi connectivity index (χ2n) is 15.2. The lowest BCUT2D eigenvalue weighted by Crippen LogP contribution is -2.46. The Morgan fingerprint density at radius 2 is 1.89 bits per heavy atom. The largest absolute Gasteiger partial charge is 0.444 e. The number of β-amino-alcohol motifs (C(OH)–C–C–N with tert-alkyl or cyclic N) is 1. The first-order valence-corrected chi connectivity index (χ1v) is 17.1. The SMILES string of the molecule is C[C@@H]([C@@H]1CCCN1C(=O)OC(C)(C)C)n1ncc2c(N3CCC[C@@](C)(O)C3)nc(-c3noc4c3CCC[C@@]43CCCCC3=O)nc21. The van der Waals surface area contributed by atoms with Crippen LogP contribution in [-0.4, -0.2) is 83.7 Å². The predicted molar refractivity (Wildman–Crippen MR) is 172 cm³/mol. The summed E-state index contributed by atoms with van der Waals surface area (Å²) in [6.45, 7) is 11.4. The monoisotopic (exact) mass is 633 g/mol. The van der Waals surface area contributed by atoms with Gasteiger partial charge in [-0.2, -0.15) is 5.10 Å². The average molecular weight is 634 g/mol. The van der Waals surface area contributed by atoms with Crippen LogP contribution in [0.2, 0.25) is 0 Å². The molecule has 1 amide bonds. The van der Waals surface area contributed by atoms with Gasteiger partial charge in [-0.25, -0.2) is 19.4 Å². The molecular formula is C34H47N7O5. The number of aliphatic hydroxyl groups is 1. The molecule has 1 saturated carbocycles. The van der Waals surface area contributed by atoms with Crippen LogP contribution in [0, 0.1) is 0 Å². The third-order valence-corrected chi connectivity index (χ3v) is 10.5. The van der Waals surface area contributed by atoms with Crippen LogP contribution in [0.25, 0.3) is 22.6 Å². The van der Waals surface area contributed by atoms with E-state index in [1.54, 1.807) is 6.20 Å². The van der Waals surface area contributed by atoms with E-state index in [4.69, 9.17) is 24.3 Å². The van der Waals surface area contributed by atoms with E-state index < -0.39 is 16.6 Å². The molecule has 1 spiro atoms. The zero-order valence-corrected chi connectivity index (χ0v) is 27.8. The molecule has 12 heteroatoms. The quantitative estimate of drug-likeness (QED) is 0.391. The van der Waals surface area contributed by atoms with Crippen molar-refractivity contribution in [1.29, 1.82) is 0 Å². The molecule has 12 nitrogen and oxygen atoms in total. The third kappa shape index (κ3) is 5.36. The van der Waals surface area contributed by atoms with Gasteiger partial charge in [0, 0.05) is 31.6 Å². The number of hydrogen-bond donors (Lipinski definition) is 1. The number of nitrogens with zero attached hydrogens (tertiary/aromatic N) is 7. The van der Waals surface area contributed by atoms with Crippen LogP contribution >= 0.6 is 0 Å². The Morgan fingerprint density at radius 1 is 1.09 bits per heavy atom. The lowest BCUT2D eigenvalue weighted by Gasteiger charge is -2.38. The van der Waals surface area contributed by atoms with Gasteiger partial charge in [0.25, 0.3) is 0 Å². The number of carbonyl (C=O) groups excluding carboxylic acids is 2. The molecule has 46 heavy (non-hydrogen) atoms. The summed E-state index contributed by atoms with van der Waals surface area (Å²) < 4.78 is 13.7. The number of piperidine rings is 1. The fourth-order valence-electron chi connectivity index (χ4n) is 8.33. The smallest absolute Gasteiger partial charge is 0.410 e. The Balaban J connectivity index is 1.33. The van der Waals surface area contributed by atoms with Crippen LogP contribution in [0.4, 0.5) is 10.6 Å². The van der Waals surface area contributed by atoms with Gasteiger partial charge in [0.15, 0.2) is 22.9 Å². The predicted octanol–water partition coefficient (Wildman–Crippen LogP) is 5.51. The summed E-state index contributed by atoms with van der Waals surface area (Å²) in [6.07, 6.45) is 10.5. The number of rotatable bonds is 4. The molecule has 1 N–H and O–H groups in total. The Kier molecular flexibility index (Phi) is 7.64. The number of anilines is 1. The highest BCUT2D eigenvalue weighted by molar-refractivity contribution is 5.92.